The molecule has 1 rings (SSSR count). The highest BCUT2D eigenvalue weighted by Crippen LogP contribution is 2.13. The van der Waals surface area contributed by atoms with Crippen LogP contribution in [-0.2, 0) is 13.0 Å². The van der Waals surface area contributed by atoms with Crippen LogP contribution in [0.1, 0.15) is 45.0 Å². The molecule has 0 aliphatic heterocycles. The van der Waals surface area contributed by atoms with Crippen LogP contribution < -0.4 is 5.32 Å². The molecule has 3 heteroatoms. The minimum Gasteiger partial charge on any atom is -0.316 e. The number of rotatable bonds is 8. The summed E-state index contributed by atoms with van der Waals surface area (Å²) in [5, 5.41) is 8.03. The zero-order valence-corrected chi connectivity index (χ0v) is 11.8. The van der Waals surface area contributed by atoms with E-state index in [1.54, 1.807) is 0 Å². The maximum Gasteiger partial charge on any atom is 0.0596 e. The third-order valence-electron chi connectivity index (χ3n) is 3.22. The Hall–Kier alpha value is -0.830. The predicted octanol–water partition coefficient (Wildman–Crippen LogP) is 2.78. The number of nitrogens with zero attached hydrogens (tertiary/aromatic N) is 2. The van der Waals surface area contributed by atoms with Gasteiger partial charge in [-0.3, -0.25) is 4.68 Å². The molecule has 0 spiro atoms. The molecule has 0 aliphatic carbocycles. The second-order valence-corrected chi connectivity index (χ2v) is 4.78. The van der Waals surface area contributed by atoms with Gasteiger partial charge in [0, 0.05) is 12.2 Å². The Kier molecular flexibility index (Phi) is 6.27. The molecule has 0 aromatic carbocycles. The normalized spacial score (nSPS) is 12.9. The fourth-order valence-corrected chi connectivity index (χ4v) is 2.18. The predicted molar refractivity (Wildman–Crippen MR) is 73.3 cm³/mol. The molecule has 0 radical (unpaired) electrons. The van der Waals surface area contributed by atoms with Crippen LogP contribution in [0.25, 0.3) is 0 Å². The molecule has 0 bridgehead atoms. The first-order valence-electron chi connectivity index (χ1n) is 6.95. The van der Waals surface area contributed by atoms with Crippen molar-refractivity contribution in [2.75, 3.05) is 13.1 Å². The second kappa shape index (κ2) is 7.49. The maximum atomic E-state index is 4.51. The summed E-state index contributed by atoms with van der Waals surface area (Å²) in [7, 11) is 0. The summed E-state index contributed by atoms with van der Waals surface area (Å²) >= 11 is 0. The van der Waals surface area contributed by atoms with Gasteiger partial charge < -0.3 is 5.32 Å². The molecule has 17 heavy (non-hydrogen) atoms. The average Bonchev–Trinajstić information content (AvgIpc) is 2.68. The van der Waals surface area contributed by atoms with Crippen molar-refractivity contribution in [1.82, 2.24) is 15.1 Å². The molecular weight excluding hydrogens is 210 g/mol. The largest absolute Gasteiger partial charge is 0.316 e. The van der Waals surface area contributed by atoms with Gasteiger partial charge in [-0.15, -0.1) is 0 Å². The summed E-state index contributed by atoms with van der Waals surface area (Å²) in [5.41, 5.74) is 2.52. The molecule has 0 saturated heterocycles. The van der Waals surface area contributed by atoms with Crippen molar-refractivity contribution in [1.29, 1.82) is 0 Å². The van der Waals surface area contributed by atoms with E-state index in [0.717, 1.165) is 37.7 Å². The van der Waals surface area contributed by atoms with Crippen molar-refractivity contribution >= 4 is 0 Å². The van der Waals surface area contributed by atoms with Gasteiger partial charge in [0.25, 0.3) is 0 Å². The van der Waals surface area contributed by atoms with Crippen LogP contribution in [0.3, 0.4) is 0 Å². The van der Waals surface area contributed by atoms with E-state index < -0.39 is 0 Å². The monoisotopic (exact) mass is 237 g/mol. The lowest BCUT2D eigenvalue weighted by atomic mass is 10.00. The molecule has 3 nitrogen and oxygen atoms in total. The molecule has 0 amide bonds. The van der Waals surface area contributed by atoms with Crippen molar-refractivity contribution in [2.24, 2.45) is 5.92 Å². The van der Waals surface area contributed by atoms with Gasteiger partial charge in [-0.1, -0.05) is 20.3 Å². The fraction of sp³-hybridized carbons (Fsp3) is 0.786. The quantitative estimate of drug-likeness (QED) is 0.705. The molecule has 98 valence electrons. The van der Waals surface area contributed by atoms with Crippen molar-refractivity contribution in [3.8, 4) is 0 Å². The third kappa shape index (κ3) is 4.50. The Morgan fingerprint density at radius 1 is 1.35 bits per heavy atom. The topological polar surface area (TPSA) is 29.9 Å². The van der Waals surface area contributed by atoms with E-state index in [-0.39, 0.29) is 0 Å². The van der Waals surface area contributed by atoms with Gasteiger partial charge in [0.1, 0.15) is 0 Å². The first kappa shape index (κ1) is 14.2. The minimum absolute atomic E-state index is 0.725. The highest BCUT2D eigenvalue weighted by molar-refractivity contribution is 5.09. The van der Waals surface area contributed by atoms with E-state index in [0.29, 0.717) is 0 Å². The van der Waals surface area contributed by atoms with E-state index in [1.807, 2.05) is 0 Å². The Morgan fingerprint density at radius 3 is 2.71 bits per heavy atom. The van der Waals surface area contributed by atoms with E-state index in [9.17, 15) is 0 Å². The number of hydrogen-bond donors (Lipinski definition) is 1. The number of hydrogen-bond acceptors (Lipinski definition) is 2. The standard InChI is InChI=1S/C14H27N3/c1-5-8-15-11-13(6-2)10-14-9-12(4)16-17(14)7-3/h9,13,15H,5-8,10-11H2,1-4H3. The Morgan fingerprint density at radius 2 is 2.12 bits per heavy atom. The summed E-state index contributed by atoms with van der Waals surface area (Å²) < 4.78 is 2.14. The molecule has 0 aliphatic rings. The SMILES string of the molecule is CCCNCC(CC)Cc1cc(C)nn1CC. The fourth-order valence-electron chi connectivity index (χ4n) is 2.18. The third-order valence-corrected chi connectivity index (χ3v) is 3.22. The second-order valence-electron chi connectivity index (χ2n) is 4.78. The van der Waals surface area contributed by atoms with Crippen LogP contribution in [0.2, 0.25) is 0 Å². The summed E-state index contributed by atoms with van der Waals surface area (Å²) in [4.78, 5) is 0. The molecule has 1 atom stereocenters. The molecule has 1 aromatic rings. The van der Waals surface area contributed by atoms with Crippen LogP contribution in [0.4, 0.5) is 0 Å². The van der Waals surface area contributed by atoms with Crippen molar-refractivity contribution in [2.45, 2.75) is 53.5 Å². The van der Waals surface area contributed by atoms with E-state index in [2.05, 4.69) is 48.9 Å². The first-order valence-corrected chi connectivity index (χ1v) is 6.95. The molecule has 1 N–H and O–H groups in total. The molecule has 1 heterocycles. The minimum atomic E-state index is 0.725. The van der Waals surface area contributed by atoms with Crippen molar-refractivity contribution in [3.05, 3.63) is 17.5 Å². The zero-order valence-electron chi connectivity index (χ0n) is 11.8. The van der Waals surface area contributed by atoms with Gasteiger partial charge in [-0.25, -0.2) is 0 Å². The summed E-state index contributed by atoms with van der Waals surface area (Å²) in [5.74, 6) is 0.725. The molecule has 1 unspecified atom stereocenters. The van der Waals surface area contributed by atoms with Gasteiger partial charge in [-0.05, 0) is 51.8 Å². The van der Waals surface area contributed by atoms with E-state index in [1.165, 1.54) is 18.5 Å². The highest BCUT2D eigenvalue weighted by atomic mass is 15.3. The average molecular weight is 237 g/mol. The summed E-state index contributed by atoms with van der Waals surface area (Å²) in [6.45, 7) is 11.9. The van der Waals surface area contributed by atoms with Crippen LogP contribution in [-0.4, -0.2) is 22.9 Å². The Labute approximate surface area is 106 Å². The lowest BCUT2D eigenvalue weighted by Gasteiger charge is -2.16. The Balaban J connectivity index is 2.53. The van der Waals surface area contributed by atoms with Gasteiger partial charge in [0.15, 0.2) is 0 Å². The van der Waals surface area contributed by atoms with Crippen molar-refractivity contribution in [3.63, 3.8) is 0 Å². The van der Waals surface area contributed by atoms with Gasteiger partial charge in [-0.2, -0.15) is 5.10 Å². The lowest BCUT2D eigenvalue weighted by Crippen LogP contribution is -2.25. The number of aromatic nitrogens is 2. The van der Waals surface area contributed by atoms with Crippen LogP contribution in [0, 0.1) is 12.8 Å². The van der Waals surface area contributed by atoms with E-state index >= 15 is 0 Å². The van der Waals surface area contributed by atoms with Crippen LogP contribution >= 0.6 is 0 Å². The Bertz CT molecular complexity index is 317. The smallest absolute Gasteiger partial charge is 0.0596 e. The van der Waals surface area contributed by atoms with Crippen LogP contribution in [0.15, 0.2) is 6.07 Å². The molecular formula is C14H27N3. The number of nitrogens with one attached hydrogen (secondary N) is 1. The van der Waals surface area contributed by atoms with Gasteiger partial charge in [0.2, 0.25) is 0 Å². The summed E-state index contributed by atoms with van der Waals surface area (Å²) in [6.07, 6.45) is 3.58. The summed E-state index contributed by atoms with van der Waals surface area (Å²) in [6, 6.07) is 2.23. The first-order chi connectivity index (χ1) is 8.21. The molecule has 1 aromatic heterocycles. The van der Waals surface area contributed by atoms with Gasteiger partial charge in [0.05, 0.1) is 5.69 Å². The van der Waals surface area contributed by atoms with Gasteiger partial charge >= 0.3 is 0 Å². The zero-order chi connectivity index (χ0) is 12.7. The van der Waals surface area contributed by atoms with Crippen molar-refractivity contribution < 1.29 is 0 Å². The lowest BCUT2D eigenvalue weighted by molar-refractivity contribution is 0.443. The van der Waals surface area contributed by atoms with Crippen LogP contribution in [0.5, 0.6) is 0 Å². The molecule has 0 saturated carbocycles. The molecule has 0 fully saturated rings. The number of aryl methyl sites for hydroxylation is 2. The maximum absolute atomic E-state index is 4.51. The van der Waals surface area contributed by atoms with E-state index in [4.69, 9.17) is 0 Å². The highest BCUT2D eigenvalue weighted by Gasteiger charge is 2.11.